The number of hydrogen-bond acceptors (Lipinski definition) is 4. The summed E-state index contributed by atoms with van der Waals surface area (Å²) in [6.45, 7) is 3.23. The number of carbonyl (C=O) groups is 1. The summed E-state index contributed by atoms with van der Waals surface area (Å²) in [7, 11) is 0. The number of benzene rings is 1. The van der Waals surface area contributed by atoms with Gasteiger partial charge in [-0.1, -0.05) is 58.2 Å². The fourth-order valence-electron chi connectivity index (χ4n) is 2.71. The Hall–Kier alpha value is -1.59. The highest BCUT2D eigenvalue weighted by atomic mass is 35.5. The average Bonchev–Trinajstić information content (AvgIpc) is 3.05. The Balaban J connectivity index is 1.66. The Labute approximate surface area is 144 Å². The number of alkyl halides is 2. The second-order valence-corrected chi connectivity index (χ2v) is 6.82. The molecule has 1 aromatic heterocycles. The molecule has 1 saturated heterocycles. The van der Waals surface area contributed by atoms with Crippen molar-refractivity contribution in [2.45, 2.75) is 30.5 Å². The summed E-state index contributed by atoms with van der Waals surface area (Å²) < 4.78 is 5.42. The van der Waals surface area contributed by atoms with Crippen molar-refractivity contribution < 1.29 is 9.32 Å². The third-order valence-corrected chi connectivity index (χ3v) is 4.47. The van der Waals surface area contributed by atoms with E-state index in [0.29, 0.717) is 24.8 Å². The topological polar surface area (TPSA) is 59.2 Å². The lowest BCUT2D eigenvalue weighted by molar-refractivity contribution is -0.130. The molecule has 2 aromatic rings. The molecule has 1 aliphatic rings. The van der Waals surface area contributed by atoms with E-state index in [-0.39, 0.29) is 11.8 Å². The molecular formula is C16H17Cl2N3O2. The molecule has 0 spiro atoms. The molecule has 2 heterocycles. The zero-order valence-electron chi connectivity index (χ0n) is 12.7. The van der Waals surface area contributed by atoms with Crippen molar-refractivity contribution in [1.29, 1.82) is 0 Å². The van der Waals surface area contributed by atoms with Crippen LogP contribution in [-0.2, 0) is 4.79 Å². The smallest absolute Gasteiger partial charge is 0.255 e. The fraction of sp³-hybridized carbons (Fsp3) is 0.438. The number of aromatic nitrogens is 2. The summed E-state index contributed by atoms with van der Waals surface area (Å²) in [5.74, 6) is 1.15. The van der Waals surface area contributed by atoms with Crippen LogP contribution < -0.4 is 0 Å². The highest BCUT2D eigenvalue weighted by molar-refractivity contribution is 6.53. The minimum absolute atomic E-state index is 0.162. The van der Waals surface area contributed by atoms with Crippen LogP contribution in [-0.4, -0.2) is 38.9 Å². The maximum absolute atomic E-state index is 11.8. The highest BCUT2D eigenvalue weighted by Crippen LogP contribution is 2.29. The molecule has 0 unspecified atom stereocenters. The van der Waals surface area contributed by atoms with Gasteiger partial charge in [0.2, 0.25) is 11.7 Å². The van der Waals surface area contributed by atoms with Crippen LogP contribution >= 0.6 is 23.2 Å². The number of amides is 1. The van der Waals surface area contributed by atoms with E-state index < -0.39 is 4.84 Å². The predicted octanol–water partition coefficient (Wildman–Crippen LogP) is 3.55. The summed E-state index contributed by atoms with van der Waals surface area (Å²) >= 11 is 11.3. The van der Waals surface area contributed by atoms with E-state index in [1.165, 1.54) is 5.56 Å². The molecule has 3 rings (SSSR count). The van der Waals surface area contributed by atoms with Gasteiger partial charge in [-0.2, -0.15) is 4.98 Å². The first-order valence-electron chi connectivity index (χ1n) is 7.52. The zero-order chi connectivity index (χ0) is 16.4. The van der Waals surface area contributed by atoms with Crippen molar-refractivity contribution in [1.82, 2.24) is 15.0 Å². The van der Waals surface area contributed by atoms with Crippen LogP contribution in [0.15, 0.2) is 28.8 Å². The van der Waals surface area contributed by atoms with Gasteiger partial charge in [-0.3, -0.25) is 4.79 Å². The van der Waals surface area contributed by atoms with Gasteiger partial charge in [0, 0.05) is 24.6 Å². The first-order chi connectivity index (χ1) is 11.0. The molecule has 23 heavy (non-hydrogen) atoms. The van der Waals surface area contributed by atoms with Crippen LogP contribution in [0.4, 0.5) is 0 Å². The number of aryl methyl sites for hydroxylation is 1. The van der Waals surface area contributed by atoms with Gasteiger partial charge in [-0.25, -0.2) is 0 Å². The Morgan fingerprint density at radius 1 is 1.26 bits per heavy atom. The number of piperidine rings is 1. The third kappa shape index (κ3) is 3.67. The molecule has 0 bridgehead atoms. The summed E-state index contributed by atoms with van der Waals surface area (Å²) in [6, 6.07) is 7.99. The van der Waals surface area contributed by atoms with Crippen molar-refractivity contribution in [3.05, 3.63) is 35.7 Å². The van der Waals surface area contributed by atoms with E-state index in [0.717, 1.165) is 18.4 Å². The summed E-state index contributed by atoms with van der Waals surface area (Å²) in [4.78, 5) is 17.0. The number of nitrogens with zero attached hydrogens (tertiary/aromatic N) is 3. The quantitative estimate of drug-likeness (QED) is 0.791. The Morgan fingerprint density at radius 3 is 2.52 bits per heavy atom. The SMILES string of the molecule is Cc1ccc(-c2noc(C3CCN(C(=O)C(Cl)Cl)CC3)n2)cc1. The van der Waals surface area contributed by atoms with E-state index in [2.05, 4.69) is 10.1 Å². The largest absolute Gasteiger partial charge is 0.340 e. The Kier molecular flexibility index (Phi) is 4.87. The van der Waals surface area contributed by atoms with Gasteiger partial charge < -0.3 is 9.42 Å². The zero-order valence-corrected chi connectivity index (χ0v) is 14.2. The van der Waals surface area contributed by atoms with E-state index in [1.54, 1.807) is 4.90 Å². The average molecular weight is 354 g/mol. The summed E-state index contributed by atoms with van der Waals surface area (Å²) in [5, 5.41) is 4.06. The molecule has 0 N–H and O–H groups in total. The van der Waals surface area contributed by atoms with E-state index in [4.69, 9.17) is 27.7 Å². The van der Waals surface area contributed by atoms with Crippen molar-refractivity contribution >= 4 is 29.1 Å². The van der Waals surface area contributed by atoms with Crippen LogP contribution in [0.1, 0.15) is 30.2 Å². The normalized spacial score (nSPS) is 16.1. The van der Waals surface area contributed by atoms with Gasteiger partial charge in [-0.15, -0.1) is 0 Å². The minimum atomic E-state index is -0.997. The lowest BCUT2D eigenvalue weighted by atomic mass is 9.97. The van der Waals surface area contributed by atoms with Gasteiger partial charge in [0.15, 0.2) is 4.84 Å². The van der Waals surface area contributed by atoms with Crippen molar-refractivity contribution in [3.8, 4) is 11.4 Å². The summed E-state index contributed by atoms with van der Waals surface area (Å²) in [5.41, 5.74) is 2.12. The molecule has 1 aromatic carbocycles. The van der Waals surface area contributed by atoms with Gasteiger partial charge in [0.25, 0.3) is 5.91 Å². The van der Waals surface area contributed by atoms with Gasteiger partial charge in [-0.05, 0) is 19.8 Å². The maximum Gasteiger partial charge on any atom is 0.255 e. The molecule has 1 fully saturated rings. The second-order valence-electron chi connectivity index (χ2n) is 5.72. The van der Waals surface area contributed by atoms with Crippen LogP contribution in [0.25, 0.3) is 11.4 Å². The lowest BCUT2D eigenvalue weighted by Crippen LogP contribution is -2.40. The fourth-order valence-corrected chi connectivity index (χ4v) is 2.98. The molecule has 0 saturated carbocycles. The number of rotatable bonds is 3. The van der Waals surface area contributed by atoms with Gasteiger partial charge in [0.1, 0.15) is 0 Å². The molecule has 5 nitrogen and oxygen atoms in total. The molecule has 122 valence electrons. The highest BCUT2D eigenvalue weighted by Gasteiger charge is 2.29. The standard InChI is InChI=1S/C16H17Cl2N3O2/c1-10-2-4-11(5-3-10)14-19-15(23-20-14)12-6-8-21(9-7-12)16(22)13(17)18/h2-5,12-13H,6-9H2,1H3. The molecule has 1 amide bonds. The van der Waals surface area contributed by atoms with Crippen LogP contribution in [0, 0.1) is 6.92 Å². The number of hydrogen-bond donors (Lipinski definition) is 0. The number of carbonyl (C=O) groups excluding carboxylic acids is 1. The van der Waals surface area contributed by atoms with E-state index in [1.807, 2.05) is 31.2 Å². The first-order valence-corrected chi connectivity index (χ1v) is 8.39. The predicted molar refractivity (Wildman–Crippen MR) is 88.5 cm³/mol. The van der Waals surface area contributed by atoms with Gasteiger partial charge >= 0.3 is 0 Å². The van der Waals surface area contributed by atoms with Crippen LogP contribution in [0.5, 0.6) is 0 Å². The number of likely N-dealkylation sites (tertiary alicyclic amines) is 1. The van der Waals surface area contributed by atoms with Crippen molar-refractivity contribution in [2.75, 3.05) is 13.1 Å². The lowest BCUT2D eigenvalue weighted by Gasteiger charge is -2.30. The molecule has 0 aliphatic carbocycles. The van der Waals surface area contributed by atoms with E-state index >= 15 is 0 Å². The number of halogens is 2. The molecule has 0 radical (unpaired) electrons. The summed E-state index contributed by atoms with van der Waals surface area (Å²) in [6.07, 6.45) is 1.53. The van der Waals surface area contributed by atoms with Gasteiger partial charge in [0.05, 0.1) is 0 Å². The van der Waals surface area contributed by atoms with Crippen LogP contribution in [0.2, 0.25) is 0 Å². The van der Waals surface area contributed by atoms with E-state index in [9.17, 15) is 4.79 Å². The van der Waals surface area contributed by atoms with Crippen molar-refractivity contribution in [3.63, 3.8) is 0 Å². The molecule has 1 aliphatic heterocycles. The molecule has 7 heteroatoms. The first kappa shape index (κ1) is 16.3. The monoisotopic (exact) mass is 353 g/mol. The Bertz CT molecular complexity index is 677. The maximum atomic E-state index is 11.8. The van der Waals surface area contributed by atoms with Crippen LogP contribution in [0.3, 0.4) is 0 Å². The van der Waals surface area contributed by atoms with Crippen molar-refractivity contribution in [2.24, 2.45) is 0 Å². The molecule has 0 atom stereocenters. The second kappa shape index (κ2) is 6.89. The molecular weight excluding hydrogens is 337 g/mol. The minimum Gasteiger partial charge on any atom is -0.340 e. The Morgan fingerprint density at radius 2 is 1.91 bits per heavy atom. The third-order valence-electron chi connectivity index (χ3n) is 4.09.